The van der Waals surface area contributed by atoms with Crippen LogP contribution in [0.15, 0.2) is 30.3 Å². The molecule has 6 heteroatoms. The van der Waals surface area contributed by atoms with Crippen molar-refractivity contribution in [2.24, 2.45) is 0 Å². The van der Waals surface area contributed by atoms with Gasteiger partial charge in [0, 0.05) is 0 Å². The molecule has 0 aliphatic carbocycles. The Morgan fingerprint density at radius 1 is 1.00 bits per heavy atom. The second kappa shape index (κ2) is 5.89. The molecular weight excluding hydrogens is 292 g/mol. The van der Waals surface area contributed by atoms with Crippen LogP contribution in [0.1, 0.15) is 39.7 Å². The summed E-state index contributed by atoms with van der Waals surface area (Å²) in [6, 6.07) is 9.16. The minimum atomic E-state index is -4.35. The van der Waals surface area contributed by atoms with Crippen molar-refractivity contribution in [3.8, 4) is 0 Å². The Balaban J connectivity index is 2.11. The largest absolute Gasteiger partial charge is 0.470 e. The summed E-state index contributed by atoms with van der Waals surface area (Å²) in [4.78, 5) is 0. The summed E-state index contributed by atoms with van der Waals surface area (Å²) >= 11 is 0. The molecule has 0 spiro atoms. The van der Waals surface area contributed by atoms with Crippen molar-refractivity contribution < 1.29 is 22.5 Å². The molecule has 1 fully saturated rings. The topological polar surface area (TPSA) is 18.5 Å². The summed E-state index contributed by atoms with van der Waals surface area (Å²) in [6.45, 7) is 7.05. The van der Waals surface area contributed by atoms with Gasteiger partial charge in [-0.15, -0.1) is 0 Å². The zero-order valence-electron chi connectivity index (χ0n) is 13.4. The average Bonchev–Trinajstić information content (AvgIpc) is 2.58. The lowest BCUT2D eigenvalue weighted by Gasteiger charge is -2.32. The van der Waals surface area contributed by atoms with Gasteiger partial charge >= 0.3 is 13.3 Å². The van der Waals surface area contributed by atoms with Crippen LogP contribution >= 0.6 is 0 Å². The smallest absolute Gasteiger partial charge is 0.403 e. The van der Waals surface area contributed by atoms with Crippen molar-refractivity contribution in [1.82, 2.24) is 0 Å². The zero-order valence-corrected chi connectivity index (χ0v) is 13.4. The van der Waals surface area contributed by atoms with E-state index in [1.807, 2.05) is 30.3 Å². The maximum atomic E-state index is 13.4. The standard InChI is InChI=1S/C16H22BF3O2/c1-14(2)15(3,4)22-17(21-14)13(16(18,19)20)11-10-12-8-6-5-7-9-12/h5-9,13H,10-11H2,1-4H3. The van der Waals surface area contributed by atoms with Crippen molar-refractivity contribution in [3.05, 3.63) is 35.9 Å². The number of hydrogen-bond donors (Lipinski definition) is 0. The first-order valence-corrected chi connectivity index (χ1v) is 7.49. The van der Waals surface area contributed by atoms with Crippen LogP contribution < -0.4 is 0 Å². The Kier molecular flexibility index (Phi) is 4.65. The number of rotatable bonds is 4. The Labute approximate surface area is 130 Å². The van der Waals surface area contributed by atoms with E-state index in [-0.39, 0.29) is 6.42 Å². The molecule has 1 aromatic rings. The van der Waals surface area contributed by atoms with Gasteiger partial charge in [0.15, 0.2) is 0 Å². The number of halogens is 3. The van der Waals surface area contributed by atoms with E-state index in [1.165, 1.54) is 0 Å². The van der Waals surface area contributed by atoms with Crippen molar-refractivity contribution in [2.45, 2.75) is 63.7 Å². The van der Waals surface area contributed by atoms with Gasteiger partial charge in [-0.1, -0.05) is 30.3 Å². The van der Waals surface area contributed by atoms with Gasteiger partial charge in [0.2, 0.25) is 0 Å². The first kappa shape index (κ1) is 17.4. The third kappa shape index (κ3) is 3.66. The van der Waals surface area contributed by atoms with Crippen molar-refractivity contribution in [1.29, 1.82) is 0 Å². The Hall–Kier alpha value is -1.01. The molecule has 2 rings (SSSR count). The van der Waals surface area contributed by atoms with Crippen LogP contribution in [0.3, 0.4) is 0 Å². The fourth-order valence-corrected chi connectivity index (χ4v) is 2.47. The van der Waals surface area contributed by atoms with Gasteiger partial charge in [-0.3, -0.25) is 0 Å². The van der Waals surface area contributed by atoms with Gasteiger partial charge in [-0.2, -0.15) is 13.2 Å². The molecule has 0 amide bonds. The summed E-state index contributed by atoms with van der Waals surface area (Å²) in [7, 11) is -1.26. The van der Waals surface area contributed by atoms with Crippen LogP contribution in [0.5, 0.6) is 0 Å². The minimum Gasteiger partial charge on any atom is -0.403 e. The van der Waals surface area contributed by atoms with E-state index in [1.54, 1.807) is 27.7 Å². The first-order valence-electron chi connectivity index (χ1n) is 7.49. The maximum Gasteiger partial charge on any atom is 0.470 e. The quantitative estimate of drug-likeness (QED) is 0.754. The van der Waals surface area contributed by atoms with E-state index >= 15 is 0 Å². The second-order valence-corrected chi connectivity index (χ2v) is 6.80. The number of aryl methyl sites for hydroxylation is 1. The molecule has 1 unspecified atom stereocenters. The third-order valence-corrected chi connectivity index (χ3v) is 4.61. The lowest BCUT2D eigenvalue weighted by Crippen LogP contribution is -2.41. The fourth-order valence-electron chi connectivity index (χ4n) is 2.47. The summed E-state index contributed by atoms with van der Waals surface area (Å²) in [5.41, 5.74) is -0.629. The van der Waals surface area contributed by atoms with E-state index in [0.29, 0.717) is 6.42 Å². The van der Waals surface area contributed by atoms with Crippen molar-refractivity contribution in [2.75, 3.05) is 0 Å². The highest BCUT2D eigenvalue weighted by Gasteiger charge is 2.59. The Morgan fingerprint density at radius 2 is 1.50 bits per heavy atom. The molecule has 1 saturated heterocycles. The molecule has 1 heterocycles. The molecule has 0 N–H and O–H groups in total. The first-order chi connectivity index (χ1) is 10.0. The predicted molar refractivity (Wildman–Crippen MR) is 80.7 cm³/mol. The van der Waals surface area contributed by atoms with Crippen LogP contribution in [-0.2, 0) is 15.7 Å². The van der Waals surface area contributed by atoms with E-state index in [0.717, 1.165) is 5.56 Å². The van der Waals surface area contributed by atoms with Gasteiger partial charge in [0.25, 0.3) is 0 Å². The molecule has 1 aromatic carbocycles. The molecule has 22 heavy (non-hydrogen) atoms. The summed E-state index contributed by atoms with van der Waals surface area (Å²) in [5.74, 6) is -1.63. The fraction of sp³-hybridized carbons (Fsp3) is 0.625. The lowest BCUT2D eigenvalue weighted by atomic mass is 9.68. The van der Waals surface area contributed by atoms with Crippen LogP contribution in [0.2, 0.25) is 5.82 Å². The molecule has 1 atom stereocenters. The van der Waals surface area contributed by atoms with Crippen molar-refractivity contribution >= 4 is 7.12 Å². The van der Waals surface area contributed by atoms with Gasteiger partial charge in [0.05, 0.1) is 17.0 Å². The van der Waals surface area contributed by atoms with E-state index < -0.39 is 30.3 Å². The van der Waals surface area contributed by atoms with E-state index in [9.17, 15) is 13.2 Å². The van der Waals surface area contributed by atoms with Gasteiger partial charge in [0.1, 0.15) is 0 Å². The maximum absolute atomic E-state index is 13.4. The summed E-state index contributed by atoms with van der Waals surface area (Å²) in [6.07, 6.45) is -4.06. The normalized spacial score (nSPS) is 21.9. The van der Waals surface area contributed by atoms with Crippen LogP contribution in [0.4, 0.5) is 13.2 Å². The molecule has 0 saturated carbocycles. The molecule has 0 bridgehead atoms. The minimum absolute atomic E-state index is 0.0512. The molecular formula is C16H22BF3O2. The third-order valence-electron chi connectivity index (χ3n) is 4.61. The average molecular weight is 314 g/mol. The number of hydrogen-bond acceptors (Lipinski definition) is 2. The SMILES string of the molecule is CC1(C)OB(C(CCc2ccccc2)C(F)(F)F)OC1(C)C. The van der Waals surface area contributed by atoms with Gasteiger partial charge in [-0.25, -0.2) is 0 Å². The Morgan fingerprint density at radius 3 is 1.95 bits per heavy atom. The van der Waals surface area contributed by atoms with Gasteiger partial charge in [-0.05, 0) is 46.1 Å². The number of benzene rings is 1. The van der Waals surface area contributed by atoms with E-state index in [2.05, 4.69) is 0 Å². The highest BCUT2D eigenvalue weighted by Crippen LogP contribution is 2.46. The summed E-state index contributed by atoms with van der Waals surface area (Å²) in [5, 5.41) is 0. The molecule has 0 aromatic heterocycles. The number of alkyl halides is 3. The lowest BCUT2D eigenvalue weighted by molar-refractivity contribution is -0.140. The predicted octanol–water partition coefficient (Wildman–Crippen LogP) is 4.64. The Bertz CT molecular complexity index is 484. The molecule has 2 nitrogen and oxygen atoms in total. The van der Waals surface area contributed by atoms with Crippen LogP contribution in [0.25, 0.3) is 0 Å². The van der Waals surface area contributed by atoms with Gasteiger partial charge < -0.3 is 9.31 Å². The molecule has 1 aliphatic rings. The molecule has 0 radical (unpaired) electrons. The highest BCUT2D eigenvalue weighted by molar-refractivity contribution is 6.47. The monoisotopic (exact) mass is 314 g/mol. The summed E-state index contributed by atoms with van der Waals surface area (Å²) < 4.78 is 51.5. The van der Waals surface area contributed by atoms with Crippen LogP contribution in [0, 0.1) is 0 Å². The highest BCUT2D eigenvalue weighted by atomic mass is 19.4. The second-order valence-electron chi connectivity index (χ2n) is 6.80. The molecule has 122 valence electrons. The zero-order chi connectivity index (χ0) is 16.6. The van der Waals surface area contributed by atoms with E-state index in [4.69, 9.17) is 9.31 Å². The van der Waals surface area contributed by atoms with Crippen molar-refractivity contribution in [3.63, 3.8) is 0 Å². The van der Waals surface area contributed by atoms with Crippen LogP contribution in [-0.4, -0.2) is 24.5 Å². The molecule has 1 aliphatic heterocycles.